The van der Waals surface area contributed by atoms with Crippen molar-refractivity contribution in [3.8, 4) is 64.1 Å². The Morgan fingerprint density at radius 1 is 0.528 bits per heavy atom. The number of rotatable bonds is 12. The number of methoxy groups -OCH3 is 1. The van der Waals surface area contributed by atoms with Crippen LogP contribution < -0.4 is 75.1 Å². The number of terminal acetylenes is 1. The Bertz CT molecular complexity index is 2480. The van der Waals surface area contributed by atoms with Gasteiger partial charge in [-0.3, -0.25) is 0 Å². The van der Waals surface area contributed by atoms with E-state index in [1.807, 2.05) is 6.92 Å². The summed E-state index contributed by atoms with van der Waals surface area (Å²) in [6.07, 6.45) is 5.49. The molecule has 0 aromatic heterocycles. The van der Waals surface area contributed by atoms with E-state index in [4.69, 9.17) is 30.1 Å². The fourth-order valence-corrected chi connectivity index (χ4v) is 6.86. The molecule has 6 rings (SSSR count). The van der Waals surface area contributed by atoms with Crippen LogP contribution >= 0.6 is 0 Å². The third-order valence-corrected chi connectivity index (χ3v) is 10.1. The summed E-state index contributed by atoms with van der Waals surface area (Å²) in [6.45, 7) is 1.82. The molecular weight excluding hydrogens is 744 g/mol. The van der Waals surface area contributed by atoms with Gasteiger partial charge in [0, 0.05) is 11.6 Å². The maximum Gasteiger partial charge on any atom is 1.00 e. The van der Waals surface area contributed by atoms with Crippen LogP contribution in [0.5, 0.6) is 51.7 Å². The fourth-order valence-electron chi connectivity index (χ4n) is 4.99. The van der Waals surface area contributed by atoms with Crippen molar-refractivity contribution in [3.05, 3.63) is 145 Å². The zero-order valence-electron chi connectivity index (χ0n) is 28.7. The molecule has 0 radical (unpaired) electrons. The maximum absolute atomic E-state index is 13.4. The summed E-state index contributed by atoms with van der Waals surface area (Å²) in [6, 6.07) is 34.2. The van der Waals surface area contributed by atoms with Crippen LogP contribution in [-0.2, 0) is 20.0 Å². The van der Waals surface area contributed by atoms with E-state index >= 15 is 0 Å². The van der Waals surface area contributed by atoms with Crippen molar-refractivity contribution in [2.45, 2.75) is 21.6 Å². The number of ether oxygens (including phenoxy) is 5. The molecule has 10 nitrogen and oxygen atoms in total. The molecule has 262 valence electrons. The average Bonchev–Trinajstić information content (AvgIpc) is 3.13. The van der Waals surface area contributed by atoms with E-state index in [2.05, 4.69) is 5.92 Å². The first-order valence-corrected chi connectivity index (χ1v) is 18.4. The van der Waals surface area contributed by atoms with Crippen molar-refractivity contribution in [1.82, 2.24) is 0 Å². The molecule has 0 aliphatic carbocycles. The Labute approximate surface area is 350 Å². The average molecular weight is 773 g/mol. The van der Waals surface area contributed by atoms with E-state index in [0.29, 0.717) is 34.3 Å². The van der Waals surface area contributed by atoms with Gasteiger partial charge in [-0.05, 0) is 140 Å². The second-order valence-electron chi connectivity index (χ2n) is 11.2. The Morgan fingerprint density at radius 3 is 1.40 bits per heavy atom. The molecule has 6 aromatic rings. The quantitative estimate of drug-likeness (QED) is 0.0841. The van der Waals surface area contributed by atoms with Crippen LogP contribution in [0.3, 0.4) is 0 Å². The fraction of sp³-hybridized carbons (Fsp3) is 0.0500. The Morgan fingerprint density at radius 2 is 0.943 bits per heavy atom. The molecule has 0 bridgehead atoms. The Kier molecular flexibility index (Phi) is 12.7. The summed E-state index contributed by atoms with van der Waals surface area (Å²) in [5, 5.41) is 0. The molecule has 0 saturated carbocycles. The van der Waals surface area contributed by atoms with Gasteiger partial charge in [0.05, 0.1) is 16.9 Å². The van der Waals surface area contributed by atoms with E-state index in [0.717, 1.165) is 17.4 Å². The van der Waals surface area contributed by atoms with Crippen molar-refractivity contribution in [2.24, 2.45) is 0 Å². The first-order valence-electron chi connectivity index (χ1n) is 15.5. The van der Waals surface area contributed by atoms with Crippen LogP contribution in [0, 0.1) is 19.3 Å². The predicted octanol–water partition coefficient (Wildman–Crippen LogP) is 5.90. The summed E-state index contributed by atoms with van der Waals surface area (Å²) >= 11 is 0. The van der Waals surface area contributed by atoms with E-state index in [9.17, 15) is 21.4 Å². The first-order chi connectivity index (χ1) is 24.9. The predicted molar refractivity (Wildman–Crippen MR) is 192 cm³/mol. The number of sulfone groups is 1. The van der Waals surface area contributed by atoms with Crippen LogP contribution in [0.1, 0.15) is 11.1 Å². The largest absolute Gasteiger partial charge is 1.00 e. The maximum atomic E-state index is 13.4. The zero-order valence-corrected chi connectivity index (χ0v) is 33.4. The van der Waals surface area contributed by atoms with Crippen LogP contribution in [0.15, 0.2) is 148 Å². The first kappa shape index (κ1) is 39.6. The zero-order chi connectivity index (χ0) is 36.9. The van der Waals surface area contributed by atoms with Crippen molar-refractivity contribution in [3.63, 3.8) is 0 Å². The third-order valence-electron chi connectivity index (χ3n) is 7.49. The topological polar surface area (TPSA) is 137 Å². The van der Waals surface area contributed by atoms with E-state index in [1.165, 1.54) is 60.7 Å². The molecule has 0 unspecified atom stereocenters. The van der Waals surface area contributed by atoms with Crippen LogP contribution in [-0.4, -0.2) is 28.5 Å². The van der Waals surface area contributed by atoms with Crippen molar-refractivity contribution in [1.29, 1.82) is 0 Å². The molecule has 0 atom stereocenters. The van der Waals surface area contributed by atoms with Crippen molar-refractivity contribution < 1.29 is 96.5 Å². The smallest absolute Gasteiger partial charge is 0.744 e. The van der Waals surface area contributed by atoms with E-state index in [-0.39, 0.29) is 78.4 Å². The summed E-state index contributed by atoms with van der Waals surface area (Å²) in [4.78, 5) is -0.674. The van der Waals surface area contributed by atoms with Gasteiger partial charge < -0.3 is 28.2 Å². The Balaban J connectivity index is 0.00000541. The molecular formula is C40H29KO10S2. The summed E-state index contributed by atoms with van der Waals surface area (Å²) in [5.74, 6) is 5.69. The van der Waals surface area contributed by atoms with Gasteiger partial charge in [0.15, 0.2) is 0 Å². The molecule has 0 spiro atoms. The standard InChI is InChI=1S/C40H30O10S2.K/c1-4-28-23-27(2)24-36(25-28)49-35-17-22-39(40(26-35)52(43,44)45)50-34-15-20-38(21-16-34)51(41,42)37-18-13-33(14-19-37)48-32-11-9-31(10-12-32)47-30-7-5-29(46-3)6-8-30;/h1,5-26H,2-3H3,(H,43,44,45);/q;+1/p-1. The minimum absolute atomic E-state index is 0. The van der Waals surface area contributed by atoms with Gasteiger partial charge in [-0.15, -0.1) is 6.42 Å². The minimum atomic E-state index is -5.00. The Hall–Kier alpha value is -4.62. The molecule has 0 amide bonds. The molecule has 6 aromatic carbocycles. The molecule has 0 aliphatic rings. The minimum Gasteiger partial charge on any atom is -0.744 e. The number of hydrogen-bond donors (Lipinski definition) is 0. The summed E-state index contributed by atoms with van der Waals surface area (Å²) in [5.41, 5.74) is 1.40. The van der Waals surface area contributed by atoms with Gasteiger partial charge in [-0.25, -0.2) is 16.8 Å². The van der Waals surface area contributed by atoms with Gasteiger partial charge >= 0.3 is 51.4 Å². The van der Waals surface area contributed by atoms with Gasteiger partial charge in [0.25, 0.3) is 0 Å². The number of hydrogen-bond acceptors (Lipinski definition) is 10. The molecule has 0 aliphatic heterocycles. The van der Waals surface area contributed by atoms with Gasteiger partial charge in [-0.2, -0.15) is 0 Å². The second-order valence-corrected chi connectivity index (χ2v) is 14.5. The van der Waals surface area contributed by atoms with Crippen LogP contribution in [0.25, 0.3) is 0 Å². The van der Waals surface area contributed by atoms with Gasteiger partial charge in [-0.1, -0.05) is 5.92 Å². The normalized spacial score (nSPS) is 11.1. The molecule has 0 heterocycles. The summed E-state index contributed by atoms with van der Waals surface area (Å²) < 4.78 is 91.6. The molecule has 0 saturated heterocycles. The van der Waals surface area contributed by atoms with E-state index in [1.54, 1.807) is 73.8 Å². The van der Waals surface area contributed by atoms with Crippen molar-refractivity contribution in [2.75, 3.05) is 7.11 Å². The van der Waals surface area contributed by atoms with Gasteiger partial charge in [0.1, 0.15) is 66.8 Å². The van der Waals surface area contributed by atoms with E-state index < -0.39 is 24.9 Å². The third kappa shape index (κ3) is 10.1. The second kappa shape index (κ2) is 17.0. The van der Waals surface area contributed by atoms with Crippen LogP contribution in [0.2, 0.25) is 0 Å². The molecule has 0 fully saturated rings. The monoisotopic (exact) mass is 772 g/mol. The number of benzene rings is 6. The SMILES string of the molecule is C#Cc1cc(C)cc(Oc2ccc(Oc3ccc(S(=O)(=O)c4ccc(Oc5ccc(Oc6ccc(OC)cc6)cc5)cc4)cc3)c(S(=O)(=O)[O-])c2)c1.[K+]. The molecule has 0 N–H and O–H groups in total. The van der Waals surface area contributed by atoms with Crippen LogP contribution in [0.4, 0.5) is 0 Å². The molecule has 53 heavy (non-hydrogen) atoms. The van der Waals surface area contributed by atoms with Crippen molar-refractivity contribution >= 4 is 20.0 Å². The summed E-state index contributed by atoms with van der Waals surface area (Å²) in [7, 11) is -7.35. The van der Waals surface area contributed by atoms with Gasteiger partial charge in [0.2, 0.25) is 9.84 Å². The molecule has 13 heteroatoms. The number of aryl methyl sites for hydroxylation is 1.